The highest BCUT2D eigenvalue weighted by Crippen LogP contribution is 2.24. The van der Waals surface area contributed by atoms with E-state index in [0.29, 0.717) is 0 Å². The Morgan fingerprint density at radius 3 is 1.29 bits per heavy atom. The average Bonchev–Trinajstić information content (AvgIpc) is 2.16. The van der Waals surface area contributed by atoms with Crippen molar-refractivity contribution >= 4 is 0 Å². The molecule has 1 fully saturated rings. The molecule has 0 amide bonds. The quantitative estimate of drug-likeness (QED) is 0.399. The van der Waals surface area contributed by atoms with Gasteiger partial charge in [0.2, 0.25) is 0 Å². The molecular formula is C8H16O6. The van der Waals surface area contributed by atoms with Gasteiger partial charge in [-0.1, -0.05) is 0 Å². The lowest BCUT2D eigenvalue weighted by atomic mass is 9.85. The van der Waals surface area contributed by atoms with Crippen LogP contribution >= 0.6 is 0 Å². The summed E-state index contributed by atoms with van der Waals surface area (Å²) in [5.41, 5.74) is 0. The van der Waals surface area contributed by atoms with Crippen molar-refractivity contribution in [3.05, 3.63) is 0 Å². The highest BCUT2D eigenvalue weighted by Gasteiger charge is 2.49. The van der Waals surface area contributed by atoms with E-state index in [1.165, 1.54) is 14.2 Å². The number of ether oxygens (including phenoxy) is 2. The molecule has 0 aromatic heterocycles. The smallest absolute Gasteiger partial charge is 0.114 e. The molecule has 6 atom stereocenters. The van der Waals surface area contributed by atoms with Crippen LogP contribution in [0, 0.1) is 0 Å². The number of aliphatic hydroxyl groups excluding tert-OH is 4. The SMILES string of the molecule is COC1C(O)[C@@H](O)[C@H](O)C(OC)[C@@H]1O. The Bertz CT molecular complexity index is 169. The summed E-state index contributed by atoms with van der Waals surface area (Å²) in [5.74, 6) is 0. The van der Waals surface area contributed by atoms with Crippen LogP contribution in [0.3, 0.4) is 0 Å². The first-order valence-electron chi connectivity index (χ1n) is 4.32. The van der Waals surface area contributed by atoms with Crippen molar-refractivity contribution in [2.75, 3.05) is 14.2 Å². The summed E-state index contributed by atoms with van der Waals surface area (Å²) in [5, 5.41) is 37.9. The van der Waals surface area contributed by atoms with Crippen molar-refractivity contribution < 1.29 is 29.9 Å². The zero-order valence-corrected chi connectivity index (χ0v) is 8.07. The van der Waals surface area contributed by atoms with Gasteiger partial charge < -0.3 is 29.9 Å². The van der Waals surface area contributed by atoms with E-state index in [1.807, 2.05) is 0 Å². The van der Waals surface area contributed by atoms with Crippen molar-refractivity contribution in [3.63, 3.8) is 0 Å². The molecule has 1 aliphatic carbocycles. The van der Waals surface area contributed by atoms with Gasteiger partial charge in [-0.25, -0.2) is 0 Å². The molecule has 0 aliphatic heterocycles. The maximum Gasteiger partial charge on any atom is 0.114 e. The molecule has 6 heteroatoms. The Hall–Kier alpha value is -0.240. The predicted molar refractivity (Wildman–Crippen MR) is 45.6 cm³/mol. The number of hydrogen-bond acceptors (Lipinski definition) is 6. The normalized spacial score (nSPS) is 49.3. The van der Waals surface area contributed by atoms with Crippen LogP contribution in [-0.2, 0) is 9.47 Å². The standard InChI is InChI=1S/C8H16O6/c1-13-7-4(10)3(9)5(11)8(14-2)6(7)12/h3-12H,1-2H3/t3-,4-,5?,6-,7?,8?/m0/s1. The first-order valence-corrected chi connectivity index (χ1v) is 4.32. The highest BCUT2D eigenvalue weighted by molar-refractivity contribution is 4.99. The molecule has 4 N–H and O–H groups in total. The Morgan fingerprint density at radius 2 is 1.00 bits per heavy atom. The second-order valence-corrected chi connectivity index (χ2v) is 3.36. The van der Waals surface area contributed by atoms with Gasteiger partial charge in [-0.2, -0.15) is 0 Å². The second-order valence-electron chi connectivity index (χ2n) is 3.36. The summed E-state index contributed by atoms with van der Waals surface area (Å²) in [6.07, 6.45) is -7.11. The minimum atomic E-state index is -1.38. The molecular weight excluding hydrogens is 192 g/mol. The fraction of sp³-hybridized carbons (Fsp3) is 1.00. The predicted octanol–water partition coefficient (Wildman–Crippen LogP) is -2.53. The number of aliphatic hydroxyl groups is 4. The van der Waals surface area contributed by atoms with Crippen LogP contribution in [0.15, 0.2) is 0 Å². The Balaban J connectivity index is 2.82. The van der Waals surface area contributed by atoms with Crippen LogP contribution in [0.25, 0.3) is 0 Å². The summed E-state index contributed by atoms with van der Waals surface area (Å²) in [6, 6.07) is 0. The number of methoxy groups -OCH3 is 2. The zero-order valence-electron chi connectivity index (χ0n) is 8.07. The van der Waals surface area contributed by atoms with E-state index in [1.54, 1.807) is 0 Å². The van der Waals surface area contributed by atoms with Crippen molar-refractivity contribution in [2.45, 2.75) is 36.6 Å². The topological polar surface area (TPSA) is 99.4 Å². The van der Waals surface area contributed by atoms with Crippen molar-refractivity contribution in [1.29, 1.82) is 0 Å². The molecule has 1 saturated carbocycles. The summed E-state index contributed by atoms with van der Waals surface area (Å²) in [7, 11) is 2.60. The molecule has 1 rings (SSSR count). The van der Waals surface area contributed by atoms with Crippen LogP contribution in [0.4, 0.5) is 0 Å². The fourth-order valence-electron chi connectivity index (χ4n) is 1.74. The first-order chi connectivity index (χ1) is 6.54. The monoisotopic (exact) mass is 208 g/mol. The Kier molecular flexibility index (Phi) is 3.82. The van der Waals surface area contributed by atoms with E-state index in [0.717, 1.165) is 0 Å². The molecule has 84 valence electrons. The summed E-state index contributed by atoms with van der Waals surface area (Å²) < 4.78 is 9.63. The fourth-order valence-corrected chi connectivity index (χ4v) is 1.74. The van der Waals surface area contributed by atoms with Gasteiger partial charge in [-0.3, -0.25) is 0 Å². The lowest BCUT2D eigenvalue weighted by molar-refractivity contribution is -0.235. The lowest BCUT2D eigenvalue weighted by Gasteiger charge is -2.42. The maximum absolute atomic E-state index is 9.61. The zero-order chi connectivity index (χ0) is 10.9. The second kappa shape index (κ2) is 4.52. The van der Waals surface area contributed by atoms with Gasteiger partial charge in [0.05, 0.1) is 0 Å². The minimum absolute atomic E-state index is 0.960. The summed E-state index contributed by atoms with van der Waals surface area (Å²) in [6.45, 7) is 0. The highest BCUT2D eigenvalue weighted by atomic mass is 16.5. The first kappa shape index (κ1) is 11.8. The van der Waals surface area contributed by atoms with Crippen molar-refractivity contribution in [3.8, 4) is 0 Å². The molecule has 0 aromatic rings. The molecule has 14 heavy (non-hydrogen) atoms. The van der Waals surface area contributed by atoms with E-state index in [4.69, 9.17) is 9.47 Å². The average molecular weight is 208 g/mol. The van der Waals surface area contributed by atoms with Gasteiger partial charge in [0, 0.05) is 14.2 Å². The van der Waals surface area contributed by atoms with Gasteiger partial charge >= 0.3 is 0 Å². The van der Waals surface area contributed by atoms with E-state index < -0.39 is 36.6 Å². The van der Waals surface area contributed by atoms with Crippen LogP contribution in [0.1, 0.15) is 0 Å². The molecule has 0 heterocycles. The number of rotatable bonds is 2. The van der Waals surface area contributed by atoms with Crippen LogP contribution in [0.2, 0.25) is 0 Å². The van der Waals surface area contributed by atoms with Crippen molar-refractivity contribution in [1.82, 2.24) is 0 Å². The number of hydrogen-bond donors (Lipinski definition) is 4. The molecule has 0 spiro atoms. The summed E-state index contributed by atoms with van der Waals surface area (Å²) >= 11 is 0. The minimum Gasteiger partial charge on any atom is -0.387 e. The molecule has 6 nitrogen and oxygen atoms in total. The van der Waals surface area contributed by atoms with Gasteiger partial charge in [0.1, 0.15) is 36.6 Å². The molecule has 0 aromatic carbocycles. The third-order valence-corrected chi connectivity index (χ3v) is 2.59. The third-order valence-electron chi connectivity index (χ3n) is 2.59. The van der Waals surface area contributed by atoms with Gasteiger partial charge in [-0.15, -0.1) is 0 Å². The molecule has 0 bridgehead atoms. The van der Waals surface area contributed by atoms with Gasteiger partial charge in [0.25, 0.3) is 0 Å². The van der Waals surface area contributed by atoms with E-state index in [2.05, 4.69) is 0 Å². The molecule has 0 radical (unpaired) electrons. The molecule has 1 aliphatic rings. The van der Waals surface area contributed by atoms with E-state index >= 15 is 0 Å². The van der Waals surface area contributed by atoms with E-state index in [-0.39, 0.29) is 0 Å². The molecule has 0 saturated heterocycles. The lowest BCUT2D eigenvalue weighted by Crippen LogP contribution is -2.64. The molecule has 3 unspecified atom stereocenters. The van der Waals surface area contributed by atoms with E-state index in [9.17, 15) is 20.4 Å². The van der Waals surface area contributed by atoms with Gasteiger partial charge in [0.15, 0.2) is 0 Å². The van der Waals surface area contributed by atoms with Crippen molar-refractivity contribution in [2.24, 2.45) is 0 Å². The maximum atomic E-state index is 9.61. The van der Waals surface area contributed by atoms with Crippen LogP contribution in [-0.4, -0.2) is 71.3 Å². The largest absolute Gasteiger partial charge is 0.387 e. The Labute approximate surface area is 81.7 Å². The van der Waals surface area contributed by atoms with Crippen LogP contribution in [0.5, 0.6) is 0 Å². The van der Waals surface area contributed by atoms with Gasteiger partial charge in [-0.05, 0) is 0 Å². The summed E-state index contributed by atoms with van der Waals surface area (Å²) in [4.78, 5) is 0. The Morgan fingerprint density at radius 1 is 0.643 bits per heavy atom. The van der Waals surface area contributed by atoms with Crippen LogP contribution < -0.4 is 0 Å². The third kappa shape index (κ3) is 1.77.